The average molecular weight is 364 g/mol. The van der Waals surface area contributed by atoms with Crippen LogP contribution in [-0.2, 0) is 0 Å². The van der Waals surface area contributed by atoms with Crippen LogP contribution in [0.25, 0.3) is 22.1 Å². The maximum atomic E-state index is 12.9. The van der Waals surface area contributed by atoms with E-state index in [0.717, 1.165) is 21.4 Å². The Hall–Kier alpha value is -3.12. The molecule has 0 aliphatic rings. The van der Waals surface area contributed by atoms with E-state index in [0.29, 0.717) is 16.5 Å². The Kier molecular flexibility index (Phi) is 4.18. The molecule has 2 aromatic carbocycles. The topological polar surface area (TPSA) is 64.4 Å². The minimum absolute atomic E-state index is 0.257. The Bertz CT molecular complexity index is 1080. The van der Waals surface area contributed by atoms with Gasteiger partial charge in [-0.05, 0) is 24.6 Å². The fourth-order valence-electron chi connectivity index (χ4n) is 2.82. The van der Waals surface area contributed by atoms with Crippen LogP contribution in [-0.4, -0.2) is 18.0 Å². The number of anilines is 1. The number of aromatic nitrogens is 1. The predicted octanol–water partition coefficient (Wildman–Crippen LogP) is 5.13. The molecule has 6 heteroatoms. The average Bonchev–Trinajstić information content (AvgIpc) is 3.25. The largest absolute Gasteiger partial charge is 0.497 e. The number of rotatable bonds is 4. The molecule has 5 nitrogen and oxygen atoms in total. The number of furan rings is 1. The van der Waals surface area contributed by atoms with Crippen molar-refractivity contribution in [2.24, 2.45) is 0 Å². The Balaban J connectivity index is 1.85. The molecule has 0 aliphatic carbocycles. The number of ether oxygens (including phenoxy) is 1. The van der Waals surface area contributed by atoms with Crippen LogP contribution in [0.1, 0.15) is 15.4 Å². The van der Waals surface area contributed by atoms with Gasteiger partial charge in [0.2, 0.25) is 5.76 Å². The summed E-state index contributed by atoms with van der Waals surface area (Å²) in [5.74, 6) is 0.606. The summed E-state index contributed by atoms with van der Waals surface area (Å²) in [6, 6.07) is 15.3. The van der Waals surface area contributed by atoms with E-state index in [1.54, 1.807) is 19.4 Å². The lowest BCUT2D eigenvalue weighted by atomic mass is 10.0. The number of nitrogens with one attached hydrogen (secondary N) is 1. The first-order valence-corrected chi connectivity index (χ1v) is 8.87. The zero-order chi connectivity index (χ0) is 18.1. The Morgan fingerprint density at radius 2 is 2.00 bits per heavy atom. The van der Waals surface area contributed by atoms with Gasteiger partial charge in [0, 0.05) is 28.1 Å². The third-order valence-corrected chi connectivity index (χ3v) is 4.84. The summed E-state index contributed by atoms with van der Waals surface area (Å²) >= 11 is 1.42. The molecule has 26 heavy (non-hydrogen) atoms. The summed E-state index contributed by atoms with van der Waals surface area (Å²) in [5.41, 5.74) is 2.27. The highest BCUT2D eigenvalue weighted by Gasteiger charge is 2.23. The highest BCUT2D eigenvalue weighted by molar-refractivity contribution is 7.15. The number of benzene rings is 2. The molecule has 4 rings (SSSR count). The summed E-state index contributed by atoms with van der Waals surface area (Å²) in [4.78, 5) is 18.1. The van der Waals surface area contributed by atoms with E-state index < -0.39 is 0 Å². The minimum Gasteiger partial charge on any atom is -0.497 e. The molecule has 2 heterocycles. The van der Waals surface area contributed by atoms with Gasteiger partial charge in [0.15, 0.2) is 5.13 Å². The monoisotopic (exact) mass is 364 g/mol. The number of amides is 1. The fraction of sp³-hybridized carbons (Fsp3) is 0.100. The van der Waals surface area contributed by atoms with Gasteiger partial charge < -0.3 is 9.15 Å². The summed E-state index contributed by atoms with van der Waals surface area (Å²) < 4.78 is 11.2. The zero-order valence-electron chi connectivity index (χ0n) is 14.3. The van der Waals surface area contributed by atoms with Crippen LogP contribution in [0.2, 0.25) is 0 Å². The minimum atomic E-state index is -0.326. The second-order valence-corrected chi connectivity index (χ2v) is 7.00. The molecule has 0 bridgehead atoms. The van der Waals surface area contributed by atoms with Gasteiger partial charge in [0.25, 0.3) is 5.91 Å². The second-order valence-electron chi connectivity index (χ2n) is 5.76. The zero-order valence-corrected chi connectivity index (χ0v) is 15.1. The molecular weight excluding hydrogens is 348 g/mol. The van der Waals surface area contributed by atoms with Crippen molar-refractivity contribution in [2.75, 3.05) is 12.4 Å². The van der Waals surface area contributed by atoms with Crippen LogP contribution in [0.3, 0.4) is 0 Å². The molecule has 2 aromatic heterocycles. The first-order chi connectivity index (χ1) is 12.7. The first-order valence-electron chi connectivity index (χ1n) is 8.05. The van der Waals surface area contributed by atoms with Crippen molar-refractivity contribution >= 4 is 33.3 Å². The van der Waals surface area contributed by atoms with Crippen molar-refractivity contribution in [3.63, 3.8) is 0 Å². The van der Waals surface area contributed by atoms with Crippen LogP contribution < -0.4 is 10.1 Å². The predicted molar refractivity (Wildman–Crippen MR) is 103 cm³/mol. The van der Waals surface area contributed by atoms with Crippen molar-refractivity contribution in [3.05, 3.63) is 65.4 Å². The van der Waals surface area contributed by atoms with Gasteiger partial charge in [-0.3, -0.25) is 10.1 Å². The van der Waals surface area contributed by atoms with Crippen LogP contribution in [0, 0.1) is 6.92 Å². The van der Waals surface area contributed by atoms with Crippen molar-refractivity contribution in [1.82, 2.24) is 4.98 Å². The third kappa shape index (κ3) is 2.95. The second kappa shape index (κ2) is 6.65. The summed E-state index contributed by atoms with van der Waals surface area (Å²) in [7, 11) is 1.60. The Morgan fingerprint density at radius 3 is 2.69 bits per heavy atom. The van der Waals surface area contributed by atoms with E-state index in [4.69, 9.17) is 9.15 Å². The number of methoxy groups -OCH3 is 1. The number of carbonyl (C=O) groups excluding carboxylic acids is 1. The Labute approximate surface area is 154 Å². The van der Waals surface area contributed by atoms with E-state index in [2.05, 4.69) is 10.3 Å². The van der Waals surface area contributed by atoms with Gasteiger partial charge in [0.05, 0.1) is 7.11 Å². The number of hydrogen-bond acceptors (Lipinski definition) is 5. The normalized spacial score (nSPS) is 10.8. The quantitative estimate of drug-likeness (QED) is 0.545. The molecule has 0 spiro atoms. The van der Waals surface area contributed by atoms with Crippen LogP contribution in [0.5, 0.6) is 5.75 Å². The number of thiazole rings is 1. The van der Waals surface area contributed by atoms with Gasteiger partial charge >= 0.3 is 0 Å². The number of carbonyl (C=O) groups is 1. The van der Waals surface area contributed by atoms with Gasteiger partial charge in [-0.15, -0.1) is 11.3 Å². The molecule has 0 saturated carbocycles. The molecule has 0 unspecified atom stereocenters. The molecule has 0 atom stereocenters. The molecule has 130 valence electrons. The Morgan fingerprint density at radius 1 is 1.19 bits per heavy atom. The number of fused-ring (bicyclic) bond motifs is 1. The van der Waals surface area contributed by atoms with Gasteiger partial charge in [-0.2, -0.15) is 0 Å². The summed E-state index contributed by atoms with van der Waals surface area (Å²) in [6.07, 6.45) is 1.72. The van der Waals surface area contributed by atoms with E-state index in [9.17, 15) is 4.79 Å². The number of hydrogen-bond donors (Lipinski definition) is 1. The van der Waals surface area contributed by atoms with Gasteiger partial charge in [-0.25, -0.2) is 4.98 Å². The summed E-state index contributed by atoms with van der Waals surface area (Å²) in [6.45, 7) is 1.94. The molecule has 1 N–H and O–H groups in total. The van der Waals surface area contributed by atoms with Crippen LogP contribution in [0.15, 0.2) is 59.1 Å². The maximum Gasteiger partial charge on any atom is 0.293 e. The molecule has 0 fully saturated rings. The van der Waals surface area contributed by atoms with Gasteiger partial charge in [0.1, 0.15) is 11.3 Å². The third-order valence-electron chi connectivity index (χ3n) is 4.01. The van der Waals surface area contributed by atoms with Gasteiger partial charge in [-0.1, -0.05) is 30.3 Å². The lowest BCUT2D eigenvalue weighted by Crippen LogP contribution is -2.11. The SMILES string of the molecule is COc1ccc2c(-c3ccccc3)c(C(=O)Nc3ncc(C)s3)oc2c1. The highest BCUT2D eigenvalue weighted by Crippen LogP contribution is 2.37. The van der Waals surface area contributed by atoms with Crippen molar-refractivity contribution in [3.8, 4) is 16.9 Å². The van der Waals surface area contributed by atoms with Crippen molar-refractivity contribution in [1.29, 1.82) is 0 Å². The van der Waals surface area contributed by atoms with E-state index >= 15 is 0 Å². The molecule has 0 saturated heterocycles. The van der Waals surface area contributed by atoms with Crippen LogP contribution >= 0.6 is 11.3 Å². The highest BCUT2D eigenvalue weighted by atomic mass is 32.1. The smallest absolute Gasteiger partial charge is 0.293 e. The van der Waals surface area contributed by atoms with Crippen molar-refractivity contribution < 1.29 is 13.9 Å². The maximum absolute atomic E-state index is 12.9. The lowest BCUT2D eigenvalue weighted by Gasteiger charge is -2.03. The van der Waals surface area contributed by atoms with E-state index in [-0.39, 0.29) is 11.7 Å². The van der Waals surface area contributed by atoms with E-state index in [1.165, 1.54) is 11.3 Å². The standard InChI is InChI=1S/C20H16N2O3S/c1-12-11-21-20(26-12)22-19(23)18-17(13-6-4-3-5-7-13)15-9-8-14(24-2)10-16(15)25-18/h3-11H,1-2H3,(H,21,22,23). The molecular formula is C20H16N2O3S. The number of nitrogens with zero attached hydrogens (tertiary/aromatic N) is 1. The molecule has 0 radical (unpaired) electrons. The van der Waals surface area contributed by atoms with E-state index in [1.807, 2.05) is 49.4 Å². The fourth-order valence-corrected chi connectivity index (χ4v) is 3.48. The lowest BCUT2D eigenvalue weighted by molar-refractivity contribution is 0.0999. The number of aryl methyl sites for hydroxylation is 1. The summed E-state index contributed by atoms with van der Waals surface area (Å²) in [5, 5.41) is 4.23. The molecule has 4 aromatic rings. The molecule has 0 aliphatic heterocycles. The first kappa shape index (κ1) is 16.4. The molecule has 1 amide bonds. The van der Waals surface area contributed by atoms with Crippen molar-refractivity contribution in [2.45, 2.75) is 6.92 Å². The van der Waals surface area contributed by atoms with Crippen LogP contribution in [0.4, 0.5) is 5.13 Å².